The molecule has 0 heterocycles. The van der Waals surface area contributed by atoms with Crippen LogP contribution < -0.4 is 14.4 Å². The number of carbonyl (C=O) groups is 2. The van der Waals surface area contributed by atoms with Crippen molar-refractivity contribution < 1.29 is 22.7 Å². The Hall–Kier alpha value is -3.56. The number of anilines is 1. The summed E-state index contributed by atoms with van der Waals surface area (Å²) in [5, 5.41) is 3.62. The van der Waals surface area contributed by atoms with Gasteiger partial charge in [-0.1, -0.05) is 60.8 Å². The third kappa shape index (κ3) is 7.40. The normalized spacial score (nSPS) is 14.3. The van der Waals surface area contributed by atoms with Gasteiger partial charge in [-0.3, -0.25) is 13.9 Å². The van der Waals surface area contributed by atoms with E-state index >= 15 is 0 Å². The van der Waals surface area contributed by atoms with E-state index in [0.717, 1.165) is 41.1 Å². The van der Waals surface area contributed by atoms with Gasteiger partial charge in [0.2, 0.25) is 11.8 Å². The molecule has 0 aliphatic heterocycles. The Morgan fingerprint density at radius 3 is 2.32 bits per heavy atom. The second kappa shape index (κ2) is 13.4. The molecule has 0 unspecified atom stereocenters. The number of hydrogen-bond donors (Lipinski definition) is 1. The van der Waals surface area contributed by atoms with Gasteiger partial charge < -0.3 is 15.0 Å². The lowest BCUT2D eigenvalue weighted by atomic mass is 10.1. The molecule has 0 saturated heterocycles. The van der Waals surface area contributed by atoms with Crippen molar-refractivity contribution in [1.82, 2.24) is 10.2 Å². The molecule has 2 amide bonds. The molecule has 10 heteroatoms. The van der Waals surface area contributed by atoms with Crippen LogP contribution in [0, 0.1) is 6.92 Å². The third-order valence-electron chi connectivity index (χ3n) is 7.35. The van der Waals surface area contributed by atoms with E-state index < -0.39 is 28.5 Å². The highest BCUT2D eigenvalue weighted by molar-refractivity contribution is 7.92. The molecule has 0 aromatic heterocycles. The van der Waals surface area contributed by atoms with Crippen LogP contribution >= 0.6 is 11.6 Å². The van der Waals surface area contributed by atoms with Gasteiger partial charge in [0.25, 0.3) is 10.0 Å². The summed E-state index contributed by atoms with van der Waals surface area (Å²) in [6.45, 7) is 3.06. The maximum Gasteiger partial charge on any atom is 0.264 e. The molecule has 3 aromatic carbocycles. The molecule has 4 rings (SSSR count). The first-order valence-electron chi connectivity index (χ1n) is 13.7. The number of aryl methyl sites for hydroxylation is 1. The summed E-state index contributed by atoms with van der Waals surface area (Å²) in [5.74, 6) is -0.499. The zero-order valence-electron chi connectivity index (χ0n) is 23.5. The van der Waals surface area contributed by atoms with Crippen molar-refractivity contribution in [2.45, 2.75) is 63.1 Å². The van der Waals surface area contributed by atoms with Crippen LogP contribution in [0.3, 0.4) is 0 Å². The topological polar surface area (TPSA) is 96.0 Å². The number of halogens is 1. The highest BCUT2D eigenvalue weighted by Gasteiger charge is 2.34. The Morgan fingerprint density at radius 1 is 1.02 bits per heavy atom. The van der Waals surface area contributed by atoms with E-state index in [1.165, 1.54) is 24.1 Å². The lowest BCUT2D eigenvalue weighted by Gasteiger charge is -2.33. The predicted octanol–water partition coefficient (Wildman–Crippen LogP) is 5.33. The second-order valence-electron chi connectivity index (χ2n) is 10.3. The number of hydrogen-bond acceptors (Lipinski definition) is 5. The third-order valence-corrected chi connectivity index (χ3v) is 9.37. The van der Waals surface area contributed by atoms with Crippen molar-refractivity contribution in [1.29, 1.82) is 0 Å². The molecule has 1 N–H and O–H groups in total. The van der Waals surface area contributed by atoms with E-state index in [0.29, 0.717) is 10.8 Å². The summed E-state index contributed by atoms with van der Waals surface area (Å²) in [6, 6.07) is 19.3. The van der Waals surface area contributed by atoms with E-state index in [4.69, 9.17) is 16.3 Å². The highest BCUT2D eigenvalue weighted by atomic mass is 35.5. The lowest BCUT2D eigenvalue weighted by Crippen LogP contribution is -2.52. The first kappa shape index (κ1) is 30.4. The SMILES string of the molecule is COc1ccc(C)cc1N(CC(=O)N(Cc1ccc(Cl)cc1)[C@@H](C)C(=O)NC1CCCC1)S(=O)(=O)c1ccccc1. The van der Waals surface area contributed by atoms with E-state index in [-0.39, 0.29) is 29.1 Å². The fourth-order valence-corrected chi connectivity index (χ4v) is 6.55. The zero-order valence-corrected chi connectivity index (χ0v) is 25.1. The van der Waals surface area contributed by atoms with Crippen LogP contribution in [0.5, 0.6) is 5.75 Å². The van der Waals surface area contributed by atoms with Gasteiger partial charge in [-0.05, 0) is 74.2 Å². The molecule has 0 bridgehead atoms. The van der Waals surface area contributed by atoms with Crippen molar-refractivity contribution in [3.63, 3.8) is 0 Å². The number of nitrogens with zero attached hydrogens (tertiary/aromatic N) is 2. The van der Waals surface area contributed by atoms with Crippen LogP contribution in [0.2, 0.25) is 5.02 Å². The number of ether oxygens (including phenoxy) is 1. The molecule has 1 fully saturated rings. The van der Waals surface area contributed by atoms with Gasteiger partial charge in [0, 0.05) is 17.6 Å². The van der Waals surface area contributed by atoms with Crippen molar-refractivity contribution >= 4 is 39.1 Å². The van der Waals surface area contributed by atoms with E-state index in [2.05, 4.69) is 5.32 Å². The summed E-state index contributed by atoms with van der Waals surface area (Å²) in [7, 11) is -2.74. The molecule has 1 atom stereocenters. The maximum atomic E-state index is 14.1. The lowest BCUT2D eigenvalue weighted by molar-refractivity contribution is -0.139. The molecular weight excluding hydrogens is 562 g/mol. The van der Waals surface area contributed by atoms with E-state index in [9.17, 15) is 18.0 Å². The minimum atomic E-state index is -4.19. The number of benzene rings is 3. The summed E-state index contributed by atoms with van der Waals surface area (Å²) in [5.41, 5.74) is 1.79. The summed E-state index contributed by atoms with van der Waals surface area (Å²) in [6.07, 6.45) is 3.91. The largest absolute Gasteiger partial charge is 0.495 e. The van der Waals surface area contributed by atoms with Crippen LogP contribution in [0.25, 0.3) is 0 Å². The van der Waals surface area contributed by atoms with E-state index in [1.807, 2.05) is 6.92 Å². The monoisotopic (exact) mass is 597 g/mol. The van der Waals surface area contributed by atoms with Gasteiger partial charge in [0.05, 0.1) is 17.7 Å². The molecule has 0 spiro atoms. The fourth-order valence-electron chi connectivity index (χ4n) is 4.99. The average Bonchev–Trinajstić information content (AvgIpc) is 3.48. The molecule has 218 valence electrons. The van der Waals surface area contributed by atoms with Crippen LogP contribution in [0.1, 0.15) is 43.7 Å². The van der Waals surface area contributed by atoms with Gasteiger partial charge in [0.1, 0.15) is 18.3 Å². The Morgan fingerprint density at radius 2 is 1.68 bits per heavy atom. The Bertz CT molecular complexity index is 1460. The van der Waals surface area contributed by atoms with Crippen LogP contribution in [0.4, 0.5) is 5.69 Å². The Kier molecular flexibility index (Phi) is 9.94. The van der Waals surface area contributed by atoms with Gasteiger partial charge in [-0.15, -0.1) is 0 Å². The molecule has 8 nitrogen and oxygen atoms in total. The number of nitrogens with one attached hydrogen (secondary N) is 1. The Labute approximate surface area is 247 Å². The van der Waals surface area contributed by atoms with Crippen LogP contribution in [-0.2, 0) is 26.2 Å². The standard InChI is InChI=1S/C31H36ClN3O5S/c1-22-13-18-29(40-3)28(19-22)35(41(38,39)27-11-5-4-6-12-27)21-30(36)34(20-24-14-16-25(32)17-15-24)23(2)31(37)33-26-9-7-8-10-26/h4-6,11-19,23,26H,7-10,20-21H2,1-3H3,(H,33,37)/t23-/m0/s1. The van der Waals surface area contributed by atoms with Crippen molar-refractivity contribution in [2.75, 3.05) is 18.0 Å². The smallest absolute Gasteiger partial charge is 0.264 e. The maximum absolute atomic E-state index is 14.1. The highest BCUT2D eigenvalue weighted by Crippen LogP contribution is 2.33. The van der Waals surface area contributed by atoms with Crippen molar-refractivity contribution in [3.05, 3.63) is 88.9 Å². The van der Waals surface area contributed by atoms with Crippen LogP contribution in [-0.4, -0.2) is 50.9 Å². The summed E-state index contributed by atoms with van der Waals surface area (Å²) in [4.78, 5) is 28.9. The first-order chi connectivity index (χ1) is 19.6. The minimum Gasteiger partial charge on any atom is -0.495 e. The van der Waals surface area contributed by atoms with Gasteiger partial charge >= 0.3 is 0 Å². The number of methoxy groups -OCH3 is 1. The number of rotatable bonds is 11. The number of sulfonamides is 1. The zero-order chi connectivity index (χ0) is 29.6. The summed E-state index contributed by atoms with van der Waals surface area (Å²) < 4.78 is 34.6. The number of amides is 2. The Balaban J connectivity index is 1.72. The molecular formula is C31H36ClN3O5S. The van der Waals surface area contributed by atoms with Gasteiger partial charge in [-0.2, -0.15) is 0 Å². The molecule has 1 aliphatic rings. The average molecular weight is 598 g/mol. The molecule has 1 saturated carbocycles. The van der Waals surface area contributed by atoms with Gasteiger partial charge in [-0.25, -0.2) is 8.42 Å². The van der Waals surface area contributed by atoms with Crippen molar-refractivity contribution in [2.24, 2.45) is 0 Å². The van der Waals surface area contributed by atoms with Gasteiger partial charge in [0.15, 0.2) is 0 Å². The van der Waals surface area contributed by atoms with Crippen molar-refractivity contribution in [3.8, 4) is 5.75 Å². The molecule has 3 aromatic rings. The van der Waals surface area contributed by atoms with E-state index in [1.54, 1.807) is 67.6 Å². The molecule has 0 radical (unpaired) electrons. The number of carbonyl (C=O) groups excluding carboxylic acids is 2. The molecule has 41 heavy (non-hydrogen) atoms. The fraction of sp³-hybridized carbons (Fsp3) is 0.355. The first-order valence-corrected chi connectivity index (χ1v) is 15.5. The summed E-state index contributed by atoms with van der Waals surface area (Å²) >= 11 is 6.08. The second-order valence-corrected chi connectivity index (χ2v) is 12.6. The quantitative estimate of drug-likeness (QED) is 0.322. The predicted molar refractivity (Wildman–Crippen MR) is 161 cm³/mol. The van der Waals surface area contributed by atoms with Crippen LogP contribution in [0.15, 0.2) is 77.7 Å². The molecule has 1 aliphatic carbocycles. The minimum absolute atomic E-state index is 0.0348.